The molecule has 0 saturated carbocycles. The molecule has 96 valence electrons. The first-order valence-electron chi connectivity index (χ1n) is 5.99. The van der Waals surface area contributed by atoms with E-state index in [0.29, 0.717) is 6.54 Å². The van der Waals surface area contributed by atoms with E-state index in [0.717, 1.165) is 28.2 Å². The smallest absolute Gasteiger partial charge is 0.0958 e. The van der Waals surface area contributed by atoms with Gasteiger partial charge in [0.1, 0.15) is 0 Å². The van der Waals surface area contributed by atoms with E-state index in [1.807, 2.05) is 12.1 Å². The normalized spacial score (nSPS) is 12.6. The van der Waals surface area contributed by atoms with Gasteiger partial charge in [-0.25, -0.2) is 4.98 Å². The van der Waals surface area contributed by atoms with E-state index in [4.69, 9.17) is 10.5 Å². The zero-order chi connectivity index (χ0) is 13.0. The van der Waals surface area contributed by atoms with E-state index in [1.54, 1.807) is 18.4 Å². The van der Waals surface area contributed by atoms with Crippen LogP contribution in [0.5, 0.6) is 0 Å². The van der Waals surface area contributed by atoms with Crippen molar-refractivity contribution in [2.24, 2.45) is 5.73 Å². The first-order valence-corrected chi connectivity index (χ1v) is 6.87. The molecule has 0 spiro atoms. The summed E-state index contributed by atoms with van der Waals surface area (Å²) in [6.07, 6.45) is 1.07. The predicted molar refractivity (Wildman–Crippen MR) is 75.6 cm³/mol. The lowest BCUT2D eigenvalue weighted by Gasteiger charge is -2.05. The highest BCUT2D eigenvalue weighted by atomic mass is 32.1. The van der Waals surface area contributed by atoms with Crippen molar-refractivity contribution in [3.63, 3.8) is 0 Å². The molecule has 0 radical (unpaired) electrons. The molecule has 1 heterocycles. The van der Waals surface area contributed by atoms with Gasteiger partial charge < -0.3 is 10.5 Å². The molecular formula is C14H18N2OS. The van der Waals surface area contributed by atoms with Gasteiger partial charge in [-0.1, -0.05) is 24.3 Å². The summed E-state index contributed by atoms with van der Waals surface area (Å²) < 4.78 is 5.25. The van der Waals surface area contributed by atoms with Crippen LogP contribution in [0.15, 0.2) is 29.6 Å². The van der Waals surface area contributed by atoms with E-state index in [1.165, 1.54) is 0 Å². The zero-order valence-electron chi connectivity index (χ0n) is 10.7. The molecule has 0 aliphatic carbocycles. The summed E-state index contributed by atoms with van der Waals surface area (Å²) in [7, 11) is 1.73. The molecule has 2 N–H and O–H groups in total. The van der Waals surface area contributed by atoms with Crippen molar-refractivity contribution in [1.29, 1.82) is 0 Å². The second-order valence-corrected chi connectivity index (χ2v) is 5.22. The van der Waals surface area contributed by atoms with Crippen LogP contribution in [-0.2, 0) is 17.7 Å². The summed E-state index contributed by atoms with van der Waals surface area (Å²) in [5, 5.41) is 3.21. The van der Waals surface area contributed by atoms with Gasteiger partial charge in [-0.05, 0) is 12.5 Å². The highest BCUT2D eigenvalue weighted by molar-refractivity contribution is 7.09. The van der Waals surface area contributed by atoms with Crippen LogP contribution in [-0.4, -0.2) is 18.2 Å². The van der Waals surface area contributed by atoms with Gasteiger partial charge >= 0.3 is 0 Å². The Morgan fingerprint density at radius 2 is 2.06 bits per heavy atom. The van der Waals surface area contributed by atoms with Crippen LogP contribution < -0.4 is 5.73 Å². The van der Waals surface area contributed by atoms with E-state index in [9.17, 15) is 0 Å². The monoisotopic (exact) mass is 262 g/mol. The third-order valence-corrected chi connectivity index (χ3v) is 3.77. The van der Waals surface area contributed by atoms with Crippen molar-refractivity contribution >= 4 is 11.3 Å². The number of hydrogen-bond donors (Lipinski definition) is 1. The van der Waals surface area contributed by atoms with Crippen molar-refractivity contribution < 1.29 is 4.74 Å². The van der Waals surface area contributed by atoms with Crippen LogP contribution in [0.4, 0.5) is 0 Å². The second kappa shape index (κ2) is 6.09. The summed E-state index contributed by atoms with van der Waals surface area (Å²) in [5.74, 6) is 0. The van der Waals surface area contributed by atoms with Crippen molar-refractivity contribution in [3.05, 3.63) is 40.2 Å². The topological polar surface area (TPSA) is 48.1 Å². The highest BCUT2D eigenvalue weighted by Crippen LogP contribution is 2.23. The lowest BCUT2D eigenvalue weighted by atomic mass is 10.1. The maximum atomic E-state index is 5.59. The molecule has 0 aliphatic rings. The predicted octanol–water partition coefficient (Wildman–Crippen LogP) is 2.85. The van der Waals surface area contributed by atoms with Crippen LogP contribution in [0.1, 0.15) is 17.5 Å². The molecule has 0 saturated heterocycles. The first-order chi connectivity index (χ1) is 8.72. The molecule has 0 bridgehead atoms. The number of hydrogen-bond acceptors (Lipinski definition) is 4. The lowest BCUT2D eigenvalue weighted by molar-refractivity contribution is 0.119. The summed E-state index contributed by atoms with van der Waals surface area (Å²) in [4.78, 5) is 4.63. The highest BCUT2D eigenvalue weighted by Gasteiger charge is 2.08. The van der Waals surface area contributed by atoms with E-state index < -0.39 is 0 Å². The van der Waals surface area contributed by atoms with Gasteiger partial charge in [-0.15, -0.1) is 11.3 Å². The molecule has 1 aromatic heterocycles. The SMILES string of the molecule is COC(C)Cc1nc(-c2ccc(CN)cc2)cs1. The van der Waals surface area contributed by atoms with Crippen LogP contribution in [0.25, 0.3) is 11.3 Å². The minimum atomic E-state index is 0.212. The number of benzene rings is 1. The molecule has 18 heavy (non-hydrogen) atoms. The third kappa shape index (κ3) is 3.16. The first kappa shape index (κ1) is 13.2. The van der Waals surface area contributed by atoms with Gasteiger partial charge in [-0.3, -0.25) is 0 Å². The summed E-state index contributed by atoms with van der Waals surface area (Å²) in [6.45, 7) is 2.63. The van der Waals surface area contributed by atoms with E-state index in [-0.39, 0.29) is 6.10 Å². The number of nitrogens with two attached hydrogens (primary N) is 1. The Balaban J connectivity index is 2.13. The molecule has 1 atom stereocenters. The Morgan fingerprint density at radius 3 is 2.67 bits per heavy atom. The number of ether oxygens (including phenoxy) is 1. The number of rotatable bonds is 5. The fraction of sp³-hybridized carbons (Fsp3) is 0.357. The van der Waals surface area contributed by atoms with Crippen molar-refractivity contribution in [3.8, 4) is 11.3 Å². The van der Waals surface area contributed by atoms with Crippen LogP contribution in [0, 0.1) is 0 Å². The van der Waals surface area contributed by atoms with Crippen molar-refractivity contribution in [2.75, 3.05) is 7.11 Å². The van der Waals surface area contributed by atoms with Gasteiger partial charge in [0.15, 0.2) is 0 Å². The standard InChI is InChI=1S/C14H18N2OS/c1-10(17-2)7-14-16-13(9-18-14)12-5-3-11(8-15)4-6-12/h3-6,9-10H,7-8,15H2,1-2H3. The molecule has 0 amide bonds. The third-order valence-electron chi connectivity index (χ3n) is 2.90. The molecule has 0 aliphatic heterocycles. The van der Waals surface area contributed by atoms with Gasteiger partial charge in [0, 0.05) is 31.0 Å². The lowest BCUT2D eigenvalue weighted by Crippen LogP contribution is -2.08. The summed E-state index contributed by atoms with van der Waals surface area (Å²) >= 11 is 1.68. The molecule has 2 rings (SSSR count). The van der Waals surface area contributed by atoms with Crippen LogP contribution in [0.3, 0.4) is 0 Å². The van der Waals surface area contributed by atoms with Crippen LogP contribution in [0.2, 0.25) is 0 Å². The average Bonchev–Trinajstić information content (AvgIpc) is 2.87. The number of nitrogens with zero attached hydrogens (tertiary/aromatic N) is 1. The fourth-order valence-corrected chi connectivity index (χ4v) is 2.60. The summed E-state index contributed by atoms with van der Waals surface area (Å²) in [6, 6.07) is 8.24. The van der Waals surface area contributed by atoms with Crippen molar-refractivity contribution in [2.45, 2.75) is 26.0 Å². The quantitative estimate of drug-likeness (QED) is 0.901. The van der Waals surface area contributed by atoms with E-state index in [2.05, 4.69) is 29.4 Å². The number of methoxy groups -OCH3 is 1. The minimum absolute atomic E-state index is 0.212. The van der Waals surface area contributed by atoms with Gasteiger partial charge in [0.25, 0.3) is 0 Å². The van der Waals surface area contributed by atoms with E-state index >= 15 is 0 Å². The largest absolute Gasteiger partial charge is 0.381 e. The molecule has 3 nitrogen and oxygen atoms in total. The Kier molecular flexibility index (Phi) is 4.47. The number of thiazole rings is 1. The van der Waals surface area contributed by atoms with Gasteiger partial charge in [-0.2, -0.15) is 0 Å². The molecule has 1 unspecified atom stereocenters. The van der Waals surface area contributed by atoms with Gasteiger partial charge in [0.2, 0.25) is 0 Å². The Labute approximate surface area is 112 Å². The Bertz CT molecular complexity index is 493. The molecule has 1 aromatic carbocycles. The van der Waals surface area contributed by atoms with Gasteiger partial charge in [0.05, 0.1) is 16.8 Å². The molecule has 0 fully saturated rings. The van der Waals surface area contributed by atoms with Crippen LogP contribution >= 0.6 is 11.3 Å². The molecule has 2 aromatic rings. The summed E-state index contributed by atoms with van der Waals surface area (Å²) in [5.41, 5.74) is 8.89. The maximum Gasteiger partial charge on any atom is 0.0958 e. The second-order valence-electron chi connectivity index (χ2n) is 4.28. The molecule has 4 heteroatoms. The Hall–Kier alpha value is -1.23. The molecular weight excluding hydrogens is 244 g/mol. The zero-order valence-corrected chi connectivity index (χ0v) is 11.5. The Morgan fingerprint density at radius 1 is 1.33 bits per heavy atom. The average molecular weight is 262 g/mol. The van der Waals surface area contributed by atoms with Crippen molar-refractivity contribution in [1.82, 2.24) is 4.98 Å². The minimum Gasteiger partial charge on any atom is -0.381 e. The fourth-order valence-electron chi connectivity index (χ4n) is 1.68. The maximum absolute atomic E-state index is 5.59. The number of aromatic nitrogens is 1.